The first-order chi connectivity index (χ1) is 9.74. The molecule has 2 heterocycles. The summed E-state index contributed by atoms with van der Waals surface area (Å²) in [6.07, 6.45) is 6.84. The van der Waals surface area contributed by atoms with Crippen molar-refractivity contribution in [3.63, 3.8) is 0 Å². The molecule has 0 spiro atoms. The molecule has 0 bridgehead atoms. The van der Waals surface area contributed by atoms with Crippen LogP contribution < -0.4 is 5.32 Å². The summed E-state index contributed by atoms with van der Waals surface area (Å²) < 4.78 is 6.98. The lowest BCUT2D eigenvalue weighted by molar-refractivity contribution is 0.0156. The van der Waals surface area contributed by atoms with Crippen molar-refractivity contribution in [1.29, 1.82) is 0 Å². The summed E-state index contributed by atoms with van der Waals surface area (Å²) >= 11 is 2.36. The SMILES string of the molecule is CCCc1nc(CC2CCCCO2)nc(NCC)c1I. The topological polar surface area (TPSA) is 47.0 Å². The third-order valence-electron chi connectivity index (χ3n) is 3.48. The molecule has 1 fully saturated rings. The first-order valence-electron chi connectivity index (χ1n) is 7.65. The van der Waals surface area contributed by atoms with Gasteiger partial charge in [-0.2, -0.15) is 0 Å². The van der Waals surface area contributed by atoms with Crippen LogP contribution in [-0.4, -0.2) is 29.2 Å². The molecule has 0 radical (unpaired) electrons. The van der Waals surface area contributed by atoms with Crippen LogP contribution in [0.15, 0.2) is 0 Å². The fraction of sp³-hybridized carbons (Fsp3) is 0.733. The quantitative estimate of drug-likeness (QED) is 0.756. The molecule has 20 heavy (non-hydrogen) atoms. The molecule has 1 saturated heterocycles. The lowest BCUT2D eigenvalue weighted by atomic mass is 10.1. The first-order valence-corrected chi connectivity index (χ1v) is 8.73. The molecule has 4 nitrogen and oxygen atoms in total. The van der Waals surface area contributed by atoms with Crippen molar-refractivity contribution in [2.75, 3.05) is 18.5 Å². The van der Waals surface area contributed by atoms with Crippen molar-refractivity contribution in [2.24, 2.45) is 0 Å². The molecule has 0 saturated carbocycles. The van der Waals surface area contributed by atoms with E-state index in [-0.39, 0.29) is 0 Å². The Morgan fingerprint density at radius 1 is 1.30 bits per heavy atom. The van der Waals surface area contributed by atoms with Gasteiger partial charge in [0, 0.05) is 19.6 Å². The van der Waals surface area contributed by atoms with E-state index in [1.54, 1.807) is 0 Å². The molecule has 1 aromatic rings. The molecule has 0 aromatic carbocycles. The fourth-order valence-electron chi connectivity index (χ4n) is 2.50. The van der Waals surface area contributed by atoms with E-state index in [9.17, 15) is 0 Å². The Kier molecular flexibility index (Phi) is 6.48. The summed E-state index contributed by atoms with van der Waals surface area (Å²) in [6.45, 7) is 6.06. The third kappa shape index (κ3) is 4.28. The van der Waals surface area contributed by atoms with E-state index in [1.807, 2.05) is 0 Å². The number of anilines is 1. The van der Waals surface area contributed by atoms with E-state index < -0.39 is 0 Å². The van der Waals surface area contributed by atoms with Gasteiger partial charge in [-0.25, -0.2) is 9.97 Å². The number of hydrogen-bond donors (Lipinski definition) is 1. The third-order valence-corrected chi connectivity index (χ3v) is 4.61. The molecule has 1 aromatic heterocycles. The van der Waals surface area contributed by atoms with Gasteiger partial charge in [-0.15, -0.1) is 0 Å². The number of nitrogens with one attached hydrogen (secondary N) is 1. The van der Waals surface area contributed by atoms with Gasteiger partial charge in [0.2, 0.25) is 0 Å². The molecule has 1 N–H and O–H groups in total. The Morgan fingerprint density at radius 3 is 2.80 bits per heavy atom. The van der Waals surface area contributed by atoms with E-state index in [0.29, 0.717) is 6.10 Å². The summed E-state index contributed by atoms with van der Waals surface area (Å²) in [5, 5.41) is 3.35. The zero-order valence-corrected chi connectivity index (χ0v) is 14.6. The number of nitrogens with zero attached hydrogens (tertiary/aromatic N) is 2. The summed E-state index contributed by atoms with van der Waals surface area (Å²) in [7, 11) is 0. The maximum absolute atomic E-state index is 5.81. The van der Waals surface area contributed by atoms with Gasteiger partial charge in [-0.1, -0.05) is 13.3 Å². The summed E-state index contributed by atoms with van der Waals surface area (Å²) in [5.41, 5.74) is 1.17. The van der Waals surface area contributed by atoms with Gasteiger partial charge >= 0.3 is 0 Å². The number of rotatable bonds is 6. The highest BCUT2D eigenvalue weighted by atomic mass is 127. The Labute approximate surface area is 135 Å². The van der Waals surface area contributed by atoms with Crippen molar-refractivity contribution in [2.45, 2.75) is 58.5 Å². The van der Waals surface area contributed by atoms with Crippen LogP contribution in [0.4, 0.5) is 5.82 Å². The van der Waals surface area contributed by atoms with Crippen molar-refractivity contribution in [3.8, 4) is 0 Å². The number of hydrogen-bond acceptors (Lipinski definition) is 4. The zero-order chi connectivity index (χ0) is 14.4. The largest absolute Gasteiger partial charge is 0.378 e. The minimum Gasteiger partial charge on any atom is -0.378 e. The van der Waals surface area contributed by atoms with Gasteiger partial charge in [0.15, 0.2) is 0 Å². The van der Waals surface area contributed by atoms with Crippen molar-refractivity contribution < 1.29 is 4.74 Å². The van der Waals surface area contributed by atoms with Crippen LogP contribution >= 0.6 is 22.6 Å². The van der Waals surface area contributed by atoms with E-state index in [0.717, 1.165) is 50.5 Å². The fourth-order valence-corrected chi connectivity index (χ4v) is 3.20. The monoisotopic (exact) mass is 389 g/mol. The van der Waals surface area contributed by atoms with Gasteiger partial charge in [0.05, 0.1) is 15.4 Å². The highest BCUT2D eigenvalue weighted by molar-refractivity contribution is 14.1. The van der Waals surface area contributed by atoms with Crippen LogP contribution in [0, 0.1) is 3.57 Å². The molecule has 1 aliphatic rings. The zero-order valence-electron chi connectivity index (χ0n) is 12.4. The molecule has 5 heteroatoms. The van der Waals surface area contributed by atoms with E-state index >= 15 is 0 Å². The molecule has 1 aliphatic heterocycles. The smallest absolute Gasteiger partial charge is 0.143 e. The second-order valence-electron chi connectivity index (χ2n) is 5.22. The van der Waals surface area contributed by atoms with Crippen LogP contribution in [0.2, 0.25) is 0 Å². The molecule has 2 rings (SSSR count). The van der Waals surface area contributed by atoms with Crippen LogP contribution in [0.25, 0.3) is 0 Å². The summed E-state index contributed by atoms with van der Waals surface area (Å²) in [5.74, 6) is 1.91. The van der Waals surface area contributed by atoms with Crippen LogP contribution in [-0.2, 0) is 17.6 Å². The highest BCUT2D eigenvalue weighted by Crippen LogP contribution is 2.22. The van der Waals surface area contributed by atoms with Gasteiger partial charge in [0.1, 0.15) is 11.6 Å². The molecule has 1 unspecified atom stereocenters. The van der Waals surface area contributed by atoms with Gasteiger partial charge in [0.25, 0.3) is 0 Å². The van der Waals surface area contributed by atoms with Gasteiger partial charge in [-0.3, -0.25) is 0 Å². The number of ether oxygens (including phenoxy) is 1. The second-order valence-corrected chi connectivity index (χ2v) is 6.30. The van der Waals surface area contributed by atoms with Gasteiger partial charge < -0.3 is 10.1 Å². The van der Waals surface area contributed by atoms with E-state index in [4.69, 9.17) is 9.72 Å². The van der Waals surface area contributed by atoms with Crippen LogP contribution in [0.1, 0.15) is 51.0 Å². The maximum Gasteiger partial charge on any atom is 0.143 e. The minimum absolute atomic E-state index is 0.299. The second kappa shape index (κ2) is 8.12. The normalized spacial score (nSPS) is 19.1. The number of aryl methyl sites for hydroxylation is 1. The summed E-state index contributed by atoms with van der Waals surface area (Å²) in [6, 6.07) is 0. The molecule has 0 aliphatic carbocycles. The minimum atomic E-state index is 0.299. The predicted octanol–water partition coefficient (Wildman–Crippen LogP) is 3.58. The standard InChI is InChI=1S/C15H24IN3O/c1-3-7-12-14(16)15(17-4-2)19-13(18-12)10-11-8-5-6-9-20-11/h11H,3-10H2,1-2H3,(H,17,18,19). The van der Waals surface area contributed by atoms with E-state index in [1.165, 1.54) is 22.1 Å². The molecule has 0 amide bonds. The predicted molar refractivity (Wildman–Crippen MR) is 90.2 cm³/mol. The van der Waals surface area contributed by atoms with Crippen molar-refractivity contribution >= 4 is 28.4 Å². The number of halogens is 1. The molecule has 112 valence electrons. The van der Waals surface area contributed by atoms with Crippen LogP contribution in [0.3, 0.4) is 0 Å². The maximum atomic E-state index is 5.81. The Hall–Kier alpha value is -0.430. The van der Waals surface area contributed by atoms with Crippen molar-refractivity contribution in [3.05, 3.63) is 15.1 Å². The molecule has 1 atom stereocenters. The highest BCUT2D eigenvalue weighted by Gasteiger charge is 2.18. The van der Waals surface area contributed by atoms with Gasteiger partial charge in [-0.05, 0) is 55.2 Å². The average molecular weight is 389 g/mol. The molecular weight excluding hydrogens is 365 g/mol. The van der Waals surface area contributed by atoms with Crippen LogP contribution in [0.5, 0.6) is 0 Å². The average Bonchev–Trinajstić information content (AvgIpc) is 2.45. The Bertz CT molecular complexity index is 406. The Morgan fingerprint density at radius 2 is 2.15 bits per heavy atom. The van der Waals surface area contributed by atoms with E-state index in [2.05, 4.69) is 46.7 Å². The molecular formula is C15H24IN3O. The lowest BCUT2D eigenvalue weighted by Crippen LogP contribution is -2.23. The number of aromatic nitrogens is 2. The first kappa shape index (κ1) is 15.9. The lowest BCUT2D eigenvalue weighted by Gasteiger charge is -2.22. The Balaban J connectivity index is 2.17. The summed E-state index contributed by atoms with van der Waals surface area (Å²) in [4.78, 5) is 9.45. The van der Waals surface area contributed by atoms with Crippen molar-refractivity contribution in [1.82, 2.24) is 9.97 Å².